The minimum Gasteiger partial charge on any atom is -0.484 e. The number of rotatable bonds is 15. The van der Waals surface area contributed by atoms with Crippen molar-refractivity contribution in [3.8, 4) is 11.5 Å². The summed E-state index contributed by atoms with van der Waals surface area (Å²) in [6, 6.07) is 21.7. The van der Waals surface area contributed by atoms with Crippen LogP contribution in [0.4, 0.5) is 26.3 Å². The van der Waals surface area contributed by atoms with Crippen molar-refractivity contribution < 1.29 is 48.8 Å². The quantitative estimate of drug-likeness (QED) is 0.0666. The zero-order valence-corrected chi connectivity index (χ0v) is 26.6. The van der Waals surface area contributed by atoms with E-state index < -0.39 is 35.7 Å². The maximum atomic E-state index is 12.7. The van der Waals surface area contributed by atoms with Gasteiger partial charge in [-0.2, -0.15) is 34.8 Å². The van der Waals surface area contributed by atoms with Gasteiger partial charge in [-0.25, -0.2) is 0 Å². The molecule has 4 rings (SSSR count). The maximum absolute atomic E-state index is 12.7. The third-order valence-electron chi connectivity index (χ3n) is 6.84. The lowest BCUT2D eigenvalue weighted by atomic mass is 10.0. The first-order valence-electron chi connectivity index (χ1n) is 14.8. The van der Waals surface area contributed by atoms with E-state index in [-0.39, 0.29) is 11.5 Å². The largest absolute Gasteiger partial charge is 0.484 e. The Hall–Kier alpha value is -3.59. The molecule has 0 heterocycles. The molecule has 0 saturated heterocycles. The smallest absolute Gasteiger partial charge is 0.422 e. The van der Waals surface area contributed by atoms with Crippen molar-refractivity contribution in [1.82, 2.24) is 10.6 Å². The summed E-state index contributed by atoms with van der Waals surface area (Å²) in [5, 5.41) is 10.2. The van der Waals surface area contributed by atoms with Crippen LogP contribution < -0.4 is 20.1 Å². The minimum absolute atomic E-state index is 0.225. The Morgan fingerprint density at radius 2 is 0.979 bits per heavy atom. The van der Waals surface area contributed by atoms with Crippen LogP contribution in [0.1, 0.15) is 36.8 Å². The fourth-order valence-electron chi connectivity index (χ4n) is 4.87. The van der Waals surface area contributed by atoms with Gasteiger partial charge in [0.1, 0.15) is 11.5 Å². The van der Waals surface area contributed by atoms with Crippen molar-refractivity contribution in [2.75, 3.05) is 32.6 Å². The fraction of sp³-hybridized carbons (Fsp3) is 0.394. The van der Waals surface area contributed by atoms with Gasteiger partial charge in [0.05, 0.1) is 6.26 Å². The minimum atomic E-state index is -4.41. The third kappa shape index (κ3) is 14.4. The number of ether oxygens (including phenoxy) is 2. The summed E-state index contributed by atoms with van der Waals surface area (Å²) in [5.41, 5.74) is 1.40. The Kier molecular flexibility index (Phi) is 14.1. The molecule has 0 saturated carbocycles. The van der Waals surface area contributed by atoms with Crippen molar-refractivity contribution in [3.63, 3.8) is 0 Å². The second-order valence-electron chi connectivity index (χ2n) is 10.8. The molecule has 3 N–H and O–H groups in total. The van der Waals surface area contributed by atoms with Crippen LogP contribution in [0.3, 0.4) is 0 Å². The van der Waals surface area contributed by atoms with Crippen LogP contribution in [-0.4, -0.2) is 57.9 Å². The second kappa shape index (κ2) is 17.5. The highest BCUT2D eigenvalue weighted by Crippen LogP contribution is 2.31. The predicted octanol–water partition coefficient (Wildman–Crippen LogP) is 7.82. The van der Waals surface area contributed by atoms with E-state index in [1.54, 1.807) is 24.3 Å². The summed E-state index contributed by atoms with van der Waals surface area (Å²) < 4.78 is 113. The molecule has 0 amide bonds. The van der Waals surface area contributed by atoms with E-state index in [4.69, 9.17) is 14.0 Å². The van der Waals surface area contributed by atoms with Gasteiger partial charge in [-0.1, -0.05) is 73.5 Å². The van der Waals surface area contributed by atoms with Gasteiger partial charge in [-0.15, -0.1) is 0 Å². The molecular weight excluding hydrogens is 650 g/mol. The summed E-state index contributed by atoms with van der Waals surface area (Å²) in [6.07, 6.45) is -4.42. The van der Waals surface area contributed by atoms with Gasteiger partial charge in [0.2, 0.25) is 0 Å². The molecular formula is C33H38F6N2O5S. The van der Waals surface area contributed by atoms with E-state index >= 15 is 0 Å². The molecule has 0 spiro atoms. The molecule has 4 aromatic rings. The van der Waals surface area contributed by atoms with Crippen LogP contribution in [0.2, 0.25) is 0 Å². The highest BCUT2D eigenvalue weighted by atomic mass is 32.2. The molecule has 0 aromatic heterocycles. The van der Waals surface area contributed by atoms with Crippen molar-refractivity contribution >= 4 is 31.7 Å². The highest BCUT2D eigenvalue weighted by Gasteiger charge is 2.29. The van der Waals surface area contributed by atoms with E-state index in [9.17, 15) is 34.8 Å². The Bertz CT molecular complexity index is 1560. The van der Waals surface area contributed by atoms with Crippen LogP contribution in [0.15, 0.2) is 72.8 Å². The number of hydrogen-bond acceptors (Lipinski definition) is 6. The number of unbranched alkanes of at least 4 members (excludes halogenated alkanes) is 3. The number of benzene rings is 4. The van der Waals surface area contributed by atoms with Gasteiger partial charge in [0, 0.05) is 24.2 Å². The van der Waals surface area contributed by atoms with E-state index in [1.807, 2.05) is 48.5 Å². The lowest BCUT2D eigenvalue weighted by Crippen LogP contribution is -2.21. The van der Waals surface area contributed by atoms with Gasteiger partial charge in [0.15, 0.2) is 13.2 Å². The summed E-state index contributed by atoms with van der Waals surface area (Å²) in [7, 11) is -3.67. The average molecular weight is 689 g/mol. The highest BCUT2D eigenvalue weighted by molar-refractivity contribution is 7.85. The Morgan fingerprint density at radius 1 is 0.617 bits per heavy atom. The molecule has 0 bridgehead atoms. The molecule has 4 aromatic carbocycles. The van der Waals surface area contributed by atoms with Crippen molar-refractivity contribution in [1.29, 1.82) is 0 Å². The summed E-state index contributed by atoms with van der Waals surface area (Å²) in [5.74, 6) is 0.450. The van der Waals surface area contributed by atoms with Crippen molar-refractivity contribution in [2.45, 2.75) is 51.1 Å². The molecule has 0 aliphatic rings. The molecule has 0 atom stereocenters. The van der Waals surface area contributed by atoms with E-state index in [0.717, 1.165) is 47.2 Å². The van der Waals surface area contributed by atoms with Gasteiger partial charge < -0.3 is 20.1 Å². The summed E-state index contributed by atoms with van der Waals surface area (Å²) in [6.45, 7) is -0.500. The van der Waals surface area contributed by atoms with Crippen LogP contribution >= 0.6 is 0 Å². The van der Waals surface area contributed by atoms with Gasteiger partial charge >= 0.3 is 12.4 Å². The lowest BCUT2D eigenvalue weighted by molar-refractivity contribution is -0.154. The van der Waals surface area contributed by atoms with Gasteiger partial charge in [-0.05, 0) is 59.6 Å². The lowest BCUT2D eigenvalue weighted by Gasteiger charge is -2.16. The van der Waals surface area contributed by atoms with E-state index in [2.05, 4.69) is 10.6 Å². The number of hydrogen-bond donors (Lipinski definition) is 3. The second-order valence-corrected chi connectivity index (χ2v) is 12.3. The molecule has 47 heavy (non-hydrogen) atoms. The number of halogens is 6. The number of nitrogens with one attached hydrogen (secondary N) is 2. The molecule has 14 heteroatoms. The van der Waals surface area contributed by atoms with Gasteiger partial charge in [0.25, 0.3) is 10.1 Å². The summed E-state index contributed by atoms with van der Waals surface area (Å²) in [4.78, 5) is 0. The van der Waals surface area contributed by atoms with Crippen molar-refractivity contribution in [3.05, 3.63) is 83.9 Å². The van der Waals surface area contributed by atoms with E-state index in [0.29, 0.717) is 43.6 Å². The topological polar surface area (TPSA) is 96.9 Å². The number of alkyl halides is 6. The monoisotopic (exact) mass is 688 g/mol. The first-order chi connectivity index (χ1) is 22.1. The molecule has 258 valence electrons. The summed E-state index contributed by atoms with van der Waals surface area (Å²) >= 11 is 0. The Labute approximate surface area is 270 Å². The van der Waals surface area contributed by atoms with Crippen LogP contribution in [0.5, 0.6) is 11.5 Å². The third-order valence-corrected chi connectivity index (χ3v) is 6.84. The standard InChI is InChI=1S/C32H34F6N2O2.CH4O3S/c33-31(34,35)21-41-29-15-13-23-9-3-5-11-25(23)27(29)19-39-17-7-1-2-8-18-40-20-28-26-12-6-4-10-24(26)14-16-30(28)42-22-32(36,37)38;1-5(2,3)4/h3-6,9-16,39-40H,1-2,7-8,17-22H2;1H3,(H,2,3,4). The molecule has 0 fully saturated rings. The maximum Gasteiger partial charge on any atom is 0.422 e. The van der Waals surface area contributed by atoms with Crippen LogP contribution in [0, 0.1) is 0 Å². The molecule has 0 radical (unpaired) electrons. The van der Waals surface area contributed by atoms with Crippen LogP contribution in [0.25, 0.3) is 21.5 Å². The van der Waals surface area contributed by atoms with Crippen molar-refractivity contribution in [2.24, 2.45) is 0 Å². The zero-order chi connectivity index (χ0) is 34.5. The predicted molar refractivity (Wildman–Crippen MR) is 170 cm³/mol. The zero-order valence-electron chi connectivity index (χ0n) is 25.8. The first kappa shape index (κ1) is 37.9. The molecule has 0 aliphatic carbocycles. The van der Waals surface area contributed by atoms with E-state index in [1.165, 1.54) is 0 Å². The molecule has 7 nitrogen and oxygen atoms in total. The Morgan fingerprint density at radius 3 is 1.34 bits per heavy atom. The molecule has 0 unspecified atom stereocenters. The Balaban J connectivity index is 0.00000111. The normalized spacial score (nSPS) is 12.2. The fourth-order valence-corrected chi connectivity index (χ4v) is 4.87. The molecule has 0 aliphatic heterocycles. The SMILES string of the molecule is CS(=O)(=O)O.FC(F)(F)COc1ccc2ccccc2c1CNCCCCCCNCc1c(OCC(F)(F)F)ccc2ccccc12. The first-order valence-corrected chi connectivity index (χ1v) is 16.7. The average Bonchev–Trinajstić information content (AvgIpc) is 2.98. The number of fused-ring (bicyclic) bond motifs is 2. The van der Waals surface area contributed by atoms with Gasteiger partial charge in [-0.3, -0.25) is 4.55 Å². The van der Waals surface area contributed by atoms with Crippen LogP contribution in [-0.2, 0) is 23.2 Å².